The molecule has 1 rings (SSSR count). The highest BCUT2D eigenvalue weighted by Crippen LogP contribution is 2.33. The molecule has 0 spiro atoms. The first-order chi connectivity index (χ1) is 6.07. The molecule has 0 radical (unpaired) electrons. The summed E-state index contributed by atoms with van der Waals surface area (Å²) in [7, 11) is 0. The summed E-state index contributed by atoms with van der Waals surface area (Å²) < 4.78 is 26.1. The van der Waals surface area contributed by atoms with Gasteiger partial charge in [-0.15, -0.1) is 0 Å². The Balaban J connectivity index is 3.30. The normalized spacial score (nSPS) is 10.9. The number of pyridine rings is 1. The number of hydrogen-bond acceptors (Lipinski definition) is 1. The summed E-state index contributed by atoms with van der Waals surface area (Å²) >= 11 is 9.54. The molecule has 72 valence electrons. The summed E-state index contributed by atoms with van der Waals surface area (Å²) in [4.78, 5) is 3.65. The van der Waals surface area contributed by atoms with Crippen molar-refractivity contribution in [3.05, 3.63) is 26.4 Å². The van der Waals surface area contributed by atoms with Crippen molar-refractivity contribution in [3.8, 4) is 0 Å². The lowest BCUT2D eigenvalue weighted by Gasteiger charge is -2.08. The Morgan fingerprint density at radius 1 is 1.38 bits per heavy atom. The molecule has 0 amide bonds. The highest BCUT2D eigenvalue weighted by atomic mass is 79.9. The van der Waals surface area contributed by atoms with E-state index in [1.807, 2.05) is 0 Å². The Hall–Kier alpha value is 0.450. The number of aromatic nitrogens is 1. The molecule has 1 aromatic heterocycles. The molecule has 0 unspecified atom stereocenters. The molecule has 0 saturated carbocycles. The molecule has 0 aliphatic heterocycles. The van der Waals surface area contributed by atoms with Gasteiger partial charge in [-0.05, 0) is 31.9 Å². The van der Waals surface area contributed by atoms with Gasteiger partial charge >= 0.3 is 0 Å². The van der Waals surface area contributed by atoms with E-state index in [9.17, 15) is 8.78 Å². The van der Waals surface area contributed by atoms with Crippen molar-refractivity contribution < 1.29 is 8.78 Å². The monoisotopic (exact) mass is 377 g/mol. The summed E-state index contributed by atoms with van der Waals surface area (Å²) in [5.74, 6) is 0. The minimum Gasteiger partial charge on any atom is -0.254 e. The van der Waals surface area contributed by atoms with Crippen LogP contribution in [0.5, 0.6) is 0 Å². The standard InChI is InChI=1S/C7H4Br3F2N/c8-1-3-5(10)4(9)2-13-6(3)7(11)12/h2,7H,1H2. The topological polar surface area (TPSA) is 12.9 Å². The van der Waals surface area contributed by atoms with Gasteiger partial charge in [0.15, 0.2) is 0 Å². The van der Waals surface area contributed by atoms with E-state index in [1.165, 1.54) is 6.20 Å². The molecule has 0 saturated heterocycles. The average Bonchev–Trinajstić information content (AvgIpc) is 2.09. The summed E-state index contributed by atoms with van der Waals surface area (Å²) in [6.45, 7) is 0. The highest BCUT2D eigenvalue weighted by molar-refractivity contribution is 9.13. The third-order valence-corrected chi connectivity index (χ3v) is 4.04. The molecule has 13 heavy (non-hydrogen) atoms. The SMILES string of the molecule is FC(F)c1ncc(Br)c(Br)c1CBr. The Kier molecular flexibility index (Phi) is 4.25. The summed E-state index contributed by atoms with van der Waals surface area (Å²) in [6.07, 6.45) is -1.19. The van der Waals surface area contributed by atoms with E-state index in [2.05, 4.69) is 52.8 Å². The number of rotatable bonds is 2. The van der Waals surface area contributed by atoms with Crippen molar-refractivity contribution in [2.45, 2.75) is 11.8 Å². The third-order valence-electron chi connectivity index (χ3n) is 1.44. The van der Waals surface area contributed by atoms with Gasteiger partial charge in [0, 0.05) is 21.6 Å². The third kappa shape index (κ3) is 2.47. The Morgan fingerprint density at radius 3 is 2.46 bits per heavy atom. The number of hydrogen-bond donors (Lipinski definition) is 0. The van der Waals surface area contributed by atoms with Crippen molar-refractivity contribution in [1.29, 1.82) is 0 Å². The minimum absolute atomic E-state index is 0.188. The maximum atomic E-state index is 12.4. The molecular weight excluding hydrogens is 376 g/mol. The van der Waals surface area contributed by atoms with Gasteiger partial charge in [-0.3, -0.25) is 4.98 Å². The lowest BCUT2D eigenvalue weighted by atomic mass is 10.2. The van der Waals surface area contributed by atoms with E-state index in [1.54, 1.807) is 0 Å². The van der Waals surface area contributed by atoms with Crippen LogP contribution in [-0.4, -0.2) is 4.98 Å². The van der Waals surface area contributed by atoms with Crippen molar-refractivity contribution >= 4 is 47.8 Å². The van der Waals surface area contributed by atoms with Gasteiger partial charge in [-0.1, -0.05) is 15.9 Å². The molecule has 0 bridgehead atoms. The van der Waals surface area contributed by atoms with Crippen molar-refractivity contribution in [3.63, 3.8) is 0 Å². The maximum Gasteiger partial charge on any atom is 0.280 e. The van der Waals surface area contributed by atoms with Crippen LogP contribution in [-0.2, 0) is 5.33 Å². The Bertz CT molecular complexity index is 317. The van der Waals surface area contributed by atoms with E-state index in [4.69, 9.17) is 0 Å². The molecule has 1 heterocycles. The maximum absolute atomic E-state index is 12.4. The molecule has 0 atom stereocenters. The first-order valence-electron chi connectivity index (χ1n) is 3.24. The second-order valence-electron chi connectivity index (χ2n) is 2.22. The van der Waals surface area contributed by atoms with Crippen LogP contribution in [0.1, 0.15) is 17.7 Å². The highest BCUT2D eigenvalue weighted by Gasteiger charge is 2.17. The van der Waals surface area contributed by atoms with E-state index >= 15 is 0 Å². The predicted octanol–water partition coefficient (Wildman–Crippen LogP) is 4.44. The van der Waals surface area contributed by atoms with E-state index in [0.29, 0.717) is 19.8 Å². The fourth-order valence-electron chi connectivity index (χ4n) is 0.833. The van der Waals surface area contributed by atoms with Crippen LogP contribution in [0.25, 0.3) is 0 Å². The van der Waals surface area contributed by atoms with Gasteiger partial charge in [0.2, 0.25) is 0 Å². The van der Waals surface area contributed by atoms with E-state index in [-0.39, 0.29) is 5.69 Å². The van der Waals surface area contributed by atoms with Gasteiger partial charge in [-0.2, -0.15) is 0 Å². The van der Waals surface area contributed by atoms with Gasteiger partial charge in [-0.25, -0.2) is 8.78 Å². The zero-order chi connectivity index (χ0) is 10.0. The van der Waals surface area contributed by atoms with Crippen LogP contribution < -0.4 is 0 Å². The predicted molar refractivity (Wildman–Crippen MR) is 57.2 cm³/mol. The molecule has 1 nitrogen and oxygen atoms in total. The lowest BCUT2D eigenvalue weighted by Crippen LogP contribution is -1.98. The summed E-state index contributed by atoms with van der Waals surface area (Å²) in [5.41, 5.74) is 0.288. The second kappa shape index (κ2) is 4.79. The van der Waals surface area contributed by atoms with Crippen LogP contribution >= 0.6 is 47.8 Å². The fraction of sp³-hybridized carbons (Fsp3) is 0.286. The van der Waals surface area contributed by atoms with Gasteiger partial charge in [0.1, 0.15) is 5.69 Å². The zero-order valence-electron chi connectivity index (χ0n) is 6.20. The zero-order valence-corrected chi connectivity index (χ0v) is 11.0. The van der Waals surface area contributed by atoms with Crippen molar-refractivity contribution in [2.24, 2.45) is 0 Å². The van der Waals surface area contributed by atoms with Crippen molar-refractivity contribution in [2.75, 3.05) is 0 Å². The average molecular weight is 380 g/mol. The number of halogens is 5. The van der Waals surface area contributed by atoms with E-state index in [0.717, 1.165) is 0 Å². The van der Waals surface area contributed by atoms with Crippen LogP contribution in [0.15, 0.2) is 15.1 Å². The first-order valence-corrected chi connectivity index (χ1v) is 5.95. The van der Waals surface area contributed by atoms with Gasteiger partial charge < -0.3 is 0 Å². The molecule has 0 N–H and O–H groups in total. The van der Waals surface area contributed by atoms with Crippen LogP contribution in [0, 0.1) is 0 Å². The fourth-order valence-corrected chi connectivity index (χ4v) is 2.56. The molecule has 6 heteroatoms. The molecule has 1 aromatic rings. The molecule has 0 fully saturated rings. The smallest absolute Gasteiger partial charge is 0.254 e. The number of nitrogens with zero attached hydrogens (tertiary/aromatic N) is 1. The second-order valence-corrected chi connectivity index (χ2v) is 4.43. The minimum atomic E-state index is -2.54. The largest absolute Gasteiger partial charge is 0.280 e. The Morgan fingerprint density at radius 2 is 2.00 bits per heavy atom. The van der Waals surface area contributed by atoms with E-state index < -0.39 is 6.43 Å². The molecule has 0 aliphatic carbocycles. The van der Waals surface area contributed by atoms with Crippen molar-refractivity contribution in [1.82, 2.24) is 4.98 Å². The van der Waals surface area contributed by atoms with Gasteiger partial charge in [0.25, 0.3) is 6.43 Å². The van der Waals surface area contributed by atoms with Crippen LogP contribution in [0.4, 0.5) is 8.78 Å². The summed E-state index contributed by atoms with van der Waals surface area (Å²) in [6, 6.07) is 0. The van der Waals surface area contributed by atoms with Crippen LogP contribution in [0.3, 0.4) is 0 Å². The number of alkyl halides is 3. The molecular formula is C7H4Br3F2N. The molecule has 0 aromatic carbocycles. The van der Waals surface area contributed by atoms with Crippen LogP contribution in [0.2, 0.25) is 0 Å². The lowest BCUT2D eigenvalue weighted by molar-refractivity contribution is 0.145. The van der Waals surface area contributed by atoms with Gasteiger partial charge in [0.05, 0.1) is 4.47 Å². The first kappa shape index (κ1) is 11.5. The Labute approximate surface area is 99.3 Å². The molecule has 0 aliphatic rings. The summed E-state index contributed by atoms with van der Waals surface area (Å²) in [5, 5.41) is 0.347. The quantitative estimate of drug-likeness (QED) is 0.692.